The minimum atomic E-state index is -0.0171. The number of nitrogens with zero attached hydrogens (tertiary/aromatic N) is 4. The number of carbonyl (C=O) groups excluding carboxylic acids is 1. The minimum Gasteiger partial charge on any atom is -0.357 e. The van der Waals surface area contributed by atoms with E-state index >= 15 is 0 Å². The van der Waals surface area contributed by atoms with Gasteiger partial charge in [-0.1, -0.05) is 37.3 Å². The Bertz CT molecular complexity index is 684. The summed E-state index contributed by atoms with van der Waals surface area (Å²) in [6.07, 6.45) is 3.34. The molecular formula is C24H40IN5O. The van der Waals surface area contributed by atoms with Crippen molar-refractivity contribution in [3.63, 3.8) is 0 Å². The number of piperazine rings is 1. The van der Waals surface area contributed by atoms with Crippen molar-refractivity contribution in [3.05, 3.63) is 35.9 Å². The maximum atomic E-state index is 12.7. The molecule has 0 bridgehead atoms. The van der Waals surface area contributed by atoms with Crippen LogP contribution in [0.5, 0.6) is 0 Å². The molecule has 2 heterocycles. The van der Waals surface area contributed by atoms with E-state index in [9.17, 15) is 4.79 Å². The third-order valence-electron chi connectivity index (χ3n) is 6.46. The van der Waals surface area contributed by atoms with Crippen LogP contribution >= 0.6 is 24.0 Å². The van der Waals surface area contributed by atoms with Crippen molar-refractivity contribution in [1.82, 2.24) is 20.0 Å². The fraction of sp³-hybridized carbons (Fsp3) is 0.667. The van der Waals surface area contributed by atoms with Crippen molar-refractivity contribution in [2.24, 2.45) is 4.99 Å². The predicted molar refractivity (Wildman–Crippen MR) is 139 cm³/mol. The molecule has 3 rings (SSSR count). The second-order valence-electron chi connectivity index (χ2n) is 8.57. The molecule has 0 spiro atoms. The van der Waals surface area contributed by atoms with Crippen LogP contribution < -0.4 is 5.32 Å². The second-order valence-corrected chi connectivity index (χ2v) is 8.57. The highest BCUT2D eigenvalue weighted by Crippen LogP contribution is 2.18. The standard InChI is InChI=1S/C24H39N5O.HI/c1-4-25-24(26-13-12-20(2)22-10-6-5-7-11-22)29-18-16-27(17-19-29)21(3)23(30)28-14-8-9-15-28;/h5-7,10-11,20-21H,4,8-9,12-19H2,1-3H3,(H,25,26);1H. The van der Waals surface area contributed by atoms with Gasteiger partial charge < -0.3 is 15.1 Å². The van der Waals surface area contributed by atoms with Crippen molar-refractivity contribution in [2.45, 2.75) is 52.0 Å². The molecule has 0 aromatic heterocycles. The predicted octanol–water partition coefficient (Wildman–Crippen LogP) is 3.39. The lowest BCUT2D eigenvalue weighted by Gasteiger charge is -2.39. The Morgan fingerprint density at radius 3 is 2.26 bits per heavy atom. The summed E-state index contributed by atoms with van der Waals surface area (Å²) in [5, 5.41) is 3.46. The lowest BCUT2D eigenvalue weighted by Crippen LogP contribution is -2.57. The van der Waals surface area contributed by atoms with Crippen molar-refractivity contribution in [3.8, 4) is 0 Å². The van der Waals surface area contributed by atoms with Gasteiger partial charge in [-0.3, -0.25) is 14.7 Å². The van der Waals surface area contributed by atoms with Crippen molar-refractivity contribution in [1.29, 1.82) is 0 Å². The molecule has 0 radical (unpaired) electrons. The Hall–Kier alpha value is -1.35. The molecule has 2 unspecified atom stereocenters. The summed E-state index contributed by atoms with van der Waals surface area (Å²) >= 11 is 0. The summed E-state index contributed by atoms with van der Waals surface area (Å²) in [6, 6.07) is 10.7. The second kappa shape index (κ2) is 13.3. The van der Waals surface area contributed by atoms with Crippen LogP contribution in [-0.2, 0) is 4.79 Å². The summed E-state index contributed by atoms with van der Waals surface area (Å²) in [4.78, 5) is 24.3. The van der Waals surface area contributed by atoms with Crippen LogP contribution in [-0.4, -0.2) is 85.0 Å². The van der Waals surface area contributed by atoms with E-state index in [1.165, 1.54) is 5.56 Å². The number of nitrogens with one attached hydrogen (secondary N) is 1. The number of hydrogen-bond acceptors (Lipinski definition) is 3. The number of halogens is 1. The molecular weight excluding hydrogens is 501 g/mol. The fourth-order valence-corrected chi connectivity index (χ4v) is 4.42. The first-order valence-electron chi connectivity index (χ1n) is 11.7. The van der Waals surface area contributed by atoms with E-state index in [4.69, 9.17) is 4.99 Å². The lowest BCUT2D eigenvalue weighted by molar-refractivity contribution is -0.135. The smallest absolute Gasteiger partial charge is 0.239 e. The summed E-state index contributed by atoms with van der Waals surface area (Å²) in [5.74, 6) is 1.82. The lowest BCUT2D eigenvalue weighted by atomic mass is 9.98. The zero-order valence-corrected chi connectivity index (χ0v) is 21.8. The van der Waals surface area contributed by atoms with Crippen LogP contribution in [0.2, 0.25) is 0 Å². The van der Waals surface area contributed by atoms with E-state index < -0.39 is 0 Å². The molecule has 2 atom stereocenters. The third kappa shape index (κ3) is 7.34. The molecule has 7 heteroatoms. The van der Waals surface area contributed by atoms with Gasteiger partial charge in [0.15, 0.2) is 5.96 Å². The van der Waals surface area contributed by atoms with E-state index in [0.717, 1.165) is 77.6 Å². The number of likely N-dealkylation sites (tertiary alicyclic amines) is 1. The normalized spacial score (nSPS) is 19.6. The van der Waals surface area contributed by atoms with Crippen LogP contribution in [0.4, 0.5) is 0 Å². The Balaban J connectivity index is 0.00000341. The average molecular weight is 542 g/mol. The third-order valence-corrected chi connectivity index (χ3v) is 6.46. The topological polar surface area (TPSA) is 51.2 Å². The van der Waals surface area contributed by atoms with Gasteiger partial charge in [0.25, 0.3) is 0 Å². The van der Waals surface area contributed by atoms with Gasteiger partial charge in [-0.2, -0.15) is 0 Å². The van der Waals surface area contributed by atoms with E-state index in [2.05, 4.69) is 66.2 Å². The molecule has 2 fully saturated rings. The monoisotopic (exact) mass is 541 g/mol. The van der Waals surface area contributed by atoms with Gasteiger partial charge in [-0.15, -0.1) is 24.0 Å². The number of guanidine groups is 1. The molecule has 2 aliphatic heterocycles. The largest absolute Gasteiger partial charge is 0.357 e. The highest BCUT2D eigenvalue weighted by Gasteiger charge is 2.30. The molecule has 174 valence electrons. The van der Waals surface area contributed by atoms with Crippen molar-refractivity contribution in [2.75, 3.05) is 52.4 Å². The van der Waals surface area contributed by atoms with Gasteiger partial charge in [0.05, 0.1) is 6.04 Å². The van der Waals surface area contributed by atoms with Crippen LogP contribution in [0.1, 0.15) is 51.5 Å². The van der Waals surface area contributed by atoms with Gasteiger partial charge in [0, 0.05) is 52.4 Å². The first-order chi connectivity index (χ1) is 14.6. The average Bonchev–Trinajstić information content (AvgIpc) is 3.33. The molecule has 0 saturated carbocycles. The molecule has 2 aliphatic rings. The Morgan fingerprint density at radius 1 is 1.00 bits per heavy atom. The zero-order chi connectivity index (χ0) is 21.3. The van der Waals surface area contributed by atoms with E-state index in [1.54, 1.807) is 0 Å². The molecule has 1 amide bonds. The van der Waals surface area contributed by atoms with Gasteiger partial charge in [0.1, 0.15) is 0 Å². The fourth-order valence-electron chi connectivity index (χ4n) is 4.42. The van der Waals surface area contributed by atoms with Crippen LogP contribution in [0.25, 0.3) is 0 Å². The van der Waals surface area contributed by atoms with Crippen LogP contribution in [0.15, 0.2) is 35.3 Å². The maximum Gasteiger partial charge on any atom is 0.239 e. The number of rotatable bonds is 7. The first kappa shape index (κ1) is 25.9. The van der Waals surface area contributed by atoms with E-state index in [0.29, 0.717) is 11.8 Å². The number of aliphatic imine (C=N–C) groups is 1. The number of amides is 1. The van der Waals surface area contributed by atoms with Gasteiger partial charge >= 0.3 is 0 Å². The highest BCUT2D eigenvalue weighted by molar-refractivity contribution is 14.0. The Labute approximate surface area is 205 Å². The van der Waals surface area contributed by atoms with Gasteiger partial charge in [0.2, 0.25) is 5.91 Å². The Kier molecular flexibility index (Phi) is 11.1. The maximum absolute atomic E-state index is 12.7. The Morgan fingerprint density at radius 2 is 1.65 bits per heavy atom. The van der Waals surface area contributed by atoms with E-state index in [-0.39, 0.29) is 30.0 Å². The molecule has 31 heavy (non-hydrogen) atoms. The summed E-state index contributed by atoms with van der Waals surface area (Å²) in [7, 11) is 0. The molecule has 0 aliphatic carbocycles. The van der Waals surface area contributed by atoms with E-state index in [1.807, 2.05) is 4.90 Å². The zero-order valence-electron chi connectivity index (χ0n) is 19.4. The van der Waals surface area contributed by atoms with Crippen LogP contribution in [0.3, 0.4) is 0 Å². The number of benzene rings is 1. The summed E-state index contributed by atoms with van der Waals surface area (Å²) in [6.45, 7) is 13.7. The highest BCUT2D eigenvalue weighted by atomic mass is 127. The SMILES string of the molecule is CCNC(=NCCC(C)c1ccccc1)N1CCN(C(C)C(=O)N2CCCC2)CC1.I. The number of hydrogen-bond donors (Lipinski definition) is 1. The van der Waals surface area contributed by atoms with Gasteiger partial charge in [-0.05, 0) is 44.6 Å². The molecule has 1 aromatic carbocycles. The molecule has 1 N–H and O–H groups in total. The minimum absolute atomic E-state index is 0. The van der Waals surface area contributed by atoms with Gasteiger partial charge in [-0.25, -0.2) is 0 Å². The first-order valence-corrected chi connectivity index (χ1v) is 11.7. The van der Waals surface area contributed by atoms with Crippen molar-refractivity contribution >= 4 is 35.8 Å². The molecule has 2 saturated heterocycles. The summed E-state index contributed by atoms with van der Waals surface area (Å²) in [5.41, 5.74) is 1.38. The quantitative estimate of drug-likeness (QED) is 0.327. The summed E-state index contributed by atoms with van der Waals surface area (Å²) < 4.78 is 0. The van der Waals surface area contributed by atoms with Crippen LogP contribution in [0, 0.1) is 0 Å². The number of carbonyl (C=O) groups is 1. The molecule has 6 nitrogen and oxygen atoms in total. The molecule has 1 aromatic rings. The van der Waals surface area contributed by atoms with Crippen molar-refractivity contribution < 1.29 is 4.79 Å².